The molecule has 0 fully saturated rings. The molecule has 2 aromatic heterocycles. The van der Waals surface area contributed by atoms with Gasteiger partial charge in [0.1, 0.15) is 0 Å². The second kappa shape index (κ2) is 9.50. The Bertz CT molecular complexity index is 908. The van der Waals surface area contributed by atoms with Gasteiger partial charge in [-0.2, -0.15) is 0 Å². The number of aryl methyl sites for hydroxylation is 1. The van der Waals surface area contributed by atoms with Crippen LogP contribution in [0.1, 0.15) is 31.4 Å². The molecule has 3 aromatic rings. The Morgan fingerprint density at radius 1 is 1.14 bits per heavy atom. The summed E-state index contributed by atoms with van der Waals surface area (Å²) in [5, 5.41) is 12.2. The second-order valence-electron chi connectivity index (χ2n) is 6.66. The molecule has 0 saturated heterocycles. The number of carbonyl (C=O) groups is 1. The molecule has 1 aromatic carbocycles. The molecule has 146 valence electrons. The molecule has 1 N–H and O–H groups in total. The van der Waals surface area contributed by atoms with Gasteiger partial charge in [-0.05, 0) is 38.0 Å². The van der Waals surface area contributed by atoms with Gasteiger partial charge in [0.15, 0.2) is 11.0 Å². The minimum atomic E-state index is -0.268. The number of hydrogen-bond acceptors (Lipinski definition) is 5. The Hall–Kier alpha value is -2.67. The Labute approximate surface area is 169 Å². The summed E-state index contributed by atoms with van der Waals surface area (Å²) < 4.78 is 2.07. The third kappa shape index (κ3) is 4.98. The van der Waals surface area contributed by atoms with Gasteiger partial charge in [-0.25, -0.2) is 0 Å². The van der Waals surface area contributed by atoms with E-state index >= 15 is 0 Å². The lowest BCUT2D eigenvalue weighted by molar-refractivity contribution is -0.120. The van der Waals surface area contributed by atoms with E-state index in [0.29, 0.717) is 6.54 Å². The molecule has 0 saturated carbocycles. The van der Waals surface area contributed by atoms with E-state index in [1.807, 2.05) is 50.2 Å². The van der Waals surface area contributed by atoms with E-state index in [4.69, 9.17) is 0 Å². The largest absolute Gasteiger partial charge is 0.351 e. The molecule has 0 aliphatic rings. The summed E-state index contributed by atoms with van der Waals surface area (Å²) in [7, 11) is 0. The van der Waals surface area contributed by atoms with Gasteiger partial charge < -0.3 is 9.88 Å². The van der Waals surface area contributed by atoms with Crippen molar-refractivity contribution in [3.8, 4) is 11.4 Å². The highest BCUT2D eigenvalue weighted by Crippen LogP contribution is 2.27. The summed E-state index contributed by atoms with van der Waals surface area (Å²) in [5.74, 6) is 0.793. The van der Waals surface area contributed by atoms with Gasteiger partial charge in [-0.1, -0.05) is 48.5 Å². The van der Waals surface area contributed by atoms with Gasteiger partial charge in [-0.3, -0.25) is 9.78 Å². The van der Waals surface area contributed by atoms with Crippen molar-refractivity contribution < 1.29 is 4.79 Å². The summed E-state index contributed by atoms with van der Waals surface area (Å²) in [6, 6.07) is 12.0. The van der Waals surface area contributed by atoms with Crippen LogP contribution in [0.3, 0.4) is 0 Å². The van der Waals surface area contributed by atoms with Crippen LogP contribution in [-0.2, 0) is 17.9 Å². The minimum Gasteiger partial charge on any atom is -0.351 e. The van der Waals surface area contributed by atoms with Crippen molar-refractivity contribution in [3.05, 3.63) is 59.9 Å². The average Bonchev–Trinajstić information content (AvgIpc) is 3.10. The van der Waals surface area contributed by atoms with Crippen LogP contribution in [0, 0.1) is 6.92 Å². The molecule has 6 nitrogen and oxygen atoms in total. The summed E-state index contributed by atoms with van der Waals surface area (Å²) >= 11 is 1.43. The highest BCUT2D eigenvalue weighted by molar-refractivity contribution is 8.00. The standard InChI is InChI=1S/C21H25N5OS/c1-4-13-26-19(18-9-11-22-12-10-18)24-25-21(26)28-16(3)20(27)23-14-17-7-5-15(2)6-8-17/h5-12,16H,4,13-14H2,1-3H3,(H,23,27). The smallest absolute Gasteiger partial charge is 0.233 e. The maximum absolute atomic E-state index is 12.5. The van der Waals surface area contributed by atoms with Gasteiger partial charge in [-0.15, -0.1) is 10.2 Å². The number of pyridine rings is 1. The fraction of sp³-hybridized carbons (Fsp3) is 0.333. The van der Waals surface area contributed by atoms with Crippen molar-refractivity contribution in [3.63, 3.8) is 0 Å². The molecule has 2 heterocycles. The maximum Gasteiger partial charge on any atom is 0.233 e. The third-order valence-corrected chi connectivity index (χ3v) is 5.42. The van der Waals surface area contributed by atoms with Crippen LogP contribution in [-0.4, -0.2) is 30.9 Å². The molecule has 1 atom stereocenters. The third-order valence-electron chi connectivity index (χ3n) is 4.34. The van der Waals surface area contributed by atoms with Gasteiger partial charge in [0.2, 0.25) is 5.91 Å². The van der Waals surface area contributed by atoms with Gasteiger partial charge in [0.25, 0.3) is 0 Å². The molecular weight excluding hydrogens is 370 g/mol. The number of benzene rings is 1. The molecule has 0 aliphatic heterocycles. The van der Waals surface area contributed by atoms with E-state index in [-0.39, 0.29) is 11.2 Å². The number of thioether (sulfide) groups is 1. The molecule has 1 amide bonds. The Balaban J connectivity index is 1.67. The van der Waals surface area contributed by atoms with E-state index in [2.05, 4.69) is 32.0 Å². The SMILES string of the molecule is CCCn1c(SC(C)C(=O)NCc2ccc(C)cc2)nnc1-c1ccncc1. The van der Waals surface area contributed by atoms with Gasteiger partial charge >= 0.3 is 0 Å². The van der Waals surface area contributed by atoms with Crippen LogP contribution in [0.2, 0.25) is 0 Å². The van der Waals surface area contributed by atoms with Crippen molar-refractivity contribution in [1.29, 1.82) is 0 Å². The summed E-state index contributed by atoms with van der Waals surface area (Å²) in [5.41, 5.74) is 3.27. The fourth-order valence-corrected chi connectivity index (χ4v) is 3.67. The average molecular weight is 396 g/mol. The maximum atomic E-state index is 12.5. The van der Waals surface area contributed by atoms with Crippen LogP contribution in [0.15, 0.2) is 53.9 Å². The van der Waals surface area contributed by atoms with E-state index in [1.165, 1.54) is 17.3 Å². The Morgan fingerprint density at radius 3 is 2.54 bits per heavy atom. The molecule has 0 aliphatic carbocycles. The van der Waals surface area contributed by atoms with Crippen molar-refractivity contribution in [1.82, 2.24) is 25.1 Å². The van der Waals surface area contributed by atoms with Gasteiger partial charge in [0.05, 0.1) is 5.25 Å². The monoisotopic (exact) mass is 395 g/mol. The molecular formula is C21H25N5OS. The summed E-state index contributed by atoms with van der Waals surface area (Å²) in [6.45, 7) is 7.38. The van der Waals surface area contributed by atoms with Crippen molar-refractivity contribution in [2.24, 2.45) is 0 Å². The van der Waals surface area contributed by atoms with Crippen LogP contribution in [0.25, 0.3) is 11.4 Å². The second-order valence-corrected chi connectivity index (χ2v) is 7.97. The molecule has 0 spiro atoms. The Kier molecular flexibility index (Phi) is 6.81. The van der Waals surface area contributed by atoms with Crippen LogP contribution < -0.4 is 5.32 Å². The molecule has 1 unspecified atom stereocenters. The predicted octanol–water partition coefficient (Wildman–Crippen LogP) is 3.86. The highest BCUT2D eigenvalue weighted by Gasteiger charge is 2.20. The quantitative estimate of drug-likeness (QED) is 0.587. The van der Waals surface area contributed by atoms with E-state index < -0.39 is 0 Å². The molecule has 28 heavy (non-hydrogen) atoms. The van der Waals surface area contributed by atoms with E-state index in [0.717, 1.165) is 35.1 Å². The van der Waals surface area contributed by atoms with Gasteiger partial charge in [0, 0.05) is 31.0 Å². The number of amides is 1. The number of hydrogen-bond donors (Lipinski definition) is 1. The molecule has 3 rings (SSSR count). The number of carbonyl (C=O) groups excluding carboxylic acids is 1. The zero-order valence-corrected chi connectivity index (χ0v) is 17.2. The van der Waals surface area contributed by atoms with Crippen molar-refractivity contribution >= 4 is 17.7 Å². The van der Waals surface area contributed by atoms with Crippen LogP contribution >= 0.6 is 11.8 Å². The number of nitrogens with zero attached hydrogens (tertiary/aromatic N) is 4. The number of nitrogens with one attached hydrogen (secondary N) is 1. The first-order valence-electron chi connectivity index (χ1n) is 9.42. The normalized spacial score (nSPS) is 12.0. The lowest BCUT2D eigenvalue weighted by Gasteiger charge is -2.13. The number of aromatic nitrogens is 4. The lowest BCUT2D eigenvalue weighted by Crippen LogP contribution is -2.30. The molecule has 7 heteroatoms. The first-order chi connectivity index (χ1) is 13.6. The highest BCUT2D eigenvalue weighted by atomic mass is 32.2. The van der Waals surface area contributed by atoms with E-state index in [9.17, 15) is 4.79 Å². The van der Waals surface area contributed by atoms with Crippen LogP contribution in [0.5, 0.6) is 0 Å². The van der Waals surface area contributed by atoms with Crippen LogP contribution in [0.4, 0.5) is 0 Å². The fourth-order valence-electron chi connectivity index (χ4n) is 2.77. The molecule has 0 bridgehead atoms. The zero-order valence-electron chi connectivity index (χ0n) is 16.4. The first kappa shape index (κ1) is 20.1. The summed E-state index contributed by atoms with van der Waals surface area (Å²) in [4.78, 5) is 16.6. The van der Waals surface area contributed by atoms with Crippen molar-refractivity contribution in [2.75, 3.05) is 0 Å². The topological polar surface area (TPSA) is 72.7 Å². The Morgan fingerprint density at radius 2 is 1.86 bits per heavy atom. The molecule has 0 radical (unpaired) electrons. The van der Waals surface area contributed by atoms with E-state index in [1.54, 1.807) is 12.4 Å². The zero-order chi connectivity index (χ0) is 19.9. The number of rotatable bonds is 8. The predicted molar refractivity (Wildman–Crippen MR) is 112 cm³/mol. The summed E-state index contributed by atoms with van der Waals surface area (Å²) in [6.07, 6.45) is 4.44. The lowest BCUT2D eigenvalue weighted by atomic mass is 10.1. The minimum absolute atomic E-state index is 0.0120. The first-order valence-corrected chi connectivity index (χ1v) is 10.3. The van der Waals surface area contributed by atoms with Crippen molar-refractivity contribution in [2.45, 2.75) is 50.7 Å².